The van der Waals surface area contributed by atoms with Gasteiger partial charge < -0.3 is 15.0 Å². The summed E-state index contributed by atoms with van der Waals surface area (Å²) in [6, 6.07) is 13.2. The van der Waals surface area contributed by atoms with Gasteiger partial charge in [-0.15, -0.1) is 11.8 Å². The molecule has 0 saturated heterocycles. The number of benzene rings is 1. The lowest BCUT2D eigenvalue weighted by Crippen LogP contribution is -2.34. The van der Waals surface area contributed by atoms with E-state index in [-0.39, 0.29) is 22.9 Å². The predicted molar refractivity (Wildman–Crippen MR) is 114 cm³/mol. The van der Waals surface area contributed by atoms with Crippen molar-refractivity contribution in [2.45, 2.75) is 31.2 Å². The number of carbonyl (C=O) groups is 2. The third kappa shape index (κ3) is 4.29. The second-order valence-corrected chi connectivity index (χ2v) is 8.13. The Hall–Kier alpha value is -2.80. The van der Waals surface area contributed by atoms with Gasteiger partial charge in [-0.1, -0.05) is 18.2 Å². The number of nitrogens with one attached hydrogen (secondary N) is 1. The number of nitrogens with zero attached hydrogens (tertiary/aromatic N) is 2. The maximum absolute atomic E-state index is 13.0. The molecule has 0 radical (unpaired) electrons. The Morgan fingerprint density at radius 3 is 2.79 bits per heavy atom. The van der Waals surface area contributed by atoms with Crippen LogP contribution in [0.3, 0.4) is 0 Å². The molecule has 6 nitrogen and oxygen atoms in total. The van der Waals surface area contributed by atoms with Crippen LogP contribution in [0.2, 0.25) is 0 Å². The summed E-state index contributed by atoms with van der Waals surface area (Å²) in [4.78, 5) is 31.4. The van der Waals surface area contributed by atoms with Crippen molar-refractivity contribution in [1.29, 1.82) is 0 Å². The number of thioether (sulfide) groups is 1. The van der Waals surface area contributed by atoms with Gasteiger partial charge in [0.25, 0.3) is 5.91 Å². The van der Waals surface area contributed by atoms with E-state index in [1.807, 2.05) is 35.2 Å². The average molecular weight is 410 g/mol. The van der Waals surface area contributed by atoms with Crippen LogP contribution in [-0.4, -0.2) is 39.9 Å². The monoisotopic (exact) mass is 409 g/mol. The second kappa shape index (κ2) is 8.69. The maximum atomic E-state index is 13.0. The highest BCUT2D eigenvalue weighted by atomic mass is 32.2. The molecule has 1 aromatic heterocycles. The van der Waals surface area contributed by atoms with Crippen molar-refractivity contribution in [3.8, 4) is 5.75 Å². The molecule has 7 heteroatoms. The Morgan fingerprint density at radius 2 is 2.07 bits per heavy atom. The number of amides is 2. The minimum atomic E-state index is -0.113. The van der Waals surface area contributed by atoms with Gasteiger partial charge >= 0.3 is 0 Å². The summed E-state index contributed by atoms with van der Waals surface area (Å²) in [5.41, 5.74) is 3.18. The van der Waals surface area contributed by atoms with Gasteiger partial charge in [-0.2, -0.15) is 0 Å². The smallest absolute Gasteiger partial charge is 0.251 e. The lowest BCUT2D eigenvalue weighted by Gasteiger charge is -2.27. The van der Waals surface area contributed by atoms with Crippen molar-refractivity contribution < 1.29 is 14.3 Å². The van der Waals surface area contributed by atoms with Crippen LogP contribution >= 0.6 is 11.8 Å². The molecule has 2 heterocycles. The molecule has 1 aromatic carbocycles. The number of rotatable bonds is 7. The van der Waals surface area contributed by atoms with E-state index in [0.717, 1.165) is 36.1 Å². The van der Waals surface area contributed by atoms with Crippen LogP contribution in [0.15, 0.2) is 59.8 Å². The number of pyridine rings is 1. The fourth-order valence-corrected chi connectivity index (χ4v) is 4.99. The van der Waals surface area contributed by atoms with E-state index in [1.54, 1.807) is 25.4 Å². The third-order valence-corrected chi connectivity index (χ3v) is 6.46. The van der Waals surface area contributed by atoms with Gasteiger partial charge in [0.15, 0.2) is 0 Å². The largest absolute Gasteiger partial charge is 0.497 e. The number of ether oxygens (including phenoxy) is 1. The summed E-state index contributed by atoms with van der Waals surface area (Å²) >= 11 is 1.51. The highest BCUT2D eigenvalue weighted by molar-refractivity contribution is 8.00. The number of methoxy groups -OCH3 is 1. The standard InChI is InChI=1S/C22H23N3O3S/c1-28-16-10-8-15(9-11-16)13-25-21(27)17-5-4-6-18(17)22(25)29-14-20(26)24-19-7-2-3-12-23-19/h2-3,7-12,22H,4-6,13-14H2,1H3,(H,23,24,26). The number of hydrogen-bond donors (Lipinski definition) is 1. The zero-order chi connectivity index (χ0) is 20.2. The van der Waals surface area contributed by atoms with Gasteiger partial charge in [-0.25, -0.2) is 4.98 Å². The molecule has 0 saturated carbocycles. The fraction of sp³-hybridized carbons (Fsp3) is 0.318. The van der Waals surface area contributed by atoms with Gasteiger partial charge in [0.05, 0.1) is 12.9 Å². The summed E-state index contributed by atoms with van der Waals surface area (Å²) in [6.45, 7) is 0.523. The minimum absolute atomic E-state index is 0.0865. The molecule has 4 rings (SSSR count). The molecular formula is C22H23N3O3S. The molecule has 0 bridgehead atoms. The van der Waals surface area contributed by atoms with Crippen molar-refractivity contribution >= 4 is 29.4 Å². The Bertz CT molecular complexity index is 928. The number of carbonyl (C=O) groups excluding carboxylic acids is 2. The Morgan fingerprint density at radius 1 is 1.24 bits per heavy atom. The van der Waals surface area contributed by atoms with Crippen molar-refractivity contribution in [2.75, 3.05) is 18.2 Å². The molecule has 1 aliphatic heterocycles. The molecule has 1 N–H and O–H groups in total. The van der Waals surface area contributed by atoms with Crippen molar-refractivity contribution in [2.24, 2.45) is 0 Å². The molecule has 1 unspecified atom stereocenters. The molecule has 1 atom stereocenters. The van der Waals surface area contributed by atoms with Crippen LogP contribution in [0.1, 0.15) is 24.8 Å². The van der Waals surface area contributed by atoms with Gasteiger partial charge in [0.1, 0.15) is 16.9 Å². The number of likely N-dealkylation sites (tertiary alicyclic amines) is 1. The summed E-state index contributed by atoms with van der Waals surface area (Å²) in [5.74, 6) is 1.59. The topological polar surface area (TPSA) is 71.5 Å². The maximum Gasteiger partial charge on any atom is 0.251 e. The molecule has 0 fully saturated rings. The fourth-order valence-electron chi connectivity index (χ4n) is 3.79. The molecule has 2 amide bonds. The molecule has 2 aromatic rings. The molecule has 2 aliphatic rings. The van der Waals surface area contributed by atoms with Crippen molar-refractivity contribution in [3.63, 3.8) is 0 Å². The summed E-state index contributed by atoms with van der Waals surface area (Å²) < 4.78 is 5.21. The van der Waals surface area contributed by atoms with Crippen LogP contribution in [-0.2, 0) is 16.1 Å². The quantitative estimate of drug-likeness (QED) is 0.756. The number of hydrogen-bond acceptors (Lipinski definition) is 5. The predicted octanol–water partition coefficient (Wildman–Crippen LogP) is 3.61. The average Bonchev–Trinajstić information content (AvgIpc) is 3.31. The minimum Gasteiger partial charge on any atom is -0.497 e. The summed E-state index contributed by atoms with van der Waals surface area (Å²) in [7, 11) is 1.64. The van der Waals surface area contributed by atoms with Gasteiger partial charge in [0.2, 0.25) is 5.91 Å². The van der Waals surface area contributed by atoms with Gasteiger partial charge in [0, 0.05) is 18.3 Å². The normalized spacial score (nSPS) is 18.2. The molecule has 1 aliphatic carbocycles. The molecular weight excluding hydrogens is 386 g/mol. The highest BCUT2D eigenvalue weighted by Crippen LogP contribution is 2.43. The van der Waals surface area contributed by atoms with Crippen LogP contribution in [0.4, 0.5) is 5.82 Å². The van der Waals surface area contributed by atoms with E-state index in [2.05, 4.69) is 10.3 Å². The first kappa shape index (κ1) is 19.5. The van der Waals surface area contributed by atoms with E-state index >= 15 is 0 Å². The van der Waals surface area contributed by atoms with E-state index in [4.69, 9.17) is 4.74 Å². The van der Waals surface area contributed by atoms with Gasteiger partial charge in [-0.05, 0) is 54.7 Å². The first-order valence-corrected chi connectivity index (χ1v) is 10.7. The zero-order valence-electron chi connectivity index (χ0n) is 16.3. The summed E-state index contributed by atoms with van der Waals surface area (Å²) in [6.07, 6.45) is 4.43. The number of anilines is 1. The Kier molecular flexibility index (Phi) is 5.85. The molecule has 150 valence electrons. The highest BCUT2D eigenvalue weighted by Gasteiger charge is 2.41. The number of aromatic nitrogens is 1. The van der Waals surface area contributed by atoms with Crippen LogP contribution in [0.5, 0.6) is 5.75 Å². The van der Waals surface area contributed by atoms with Crippen molar-refractivity contribution in [1.82, 2.24) is 9.88 Å². The third-order valence-electron chi connectivity index (χ3n) is 5.18. The van der Waals surface area contributed by atoms with Crippen LogP contribution in [0.25, 0.3) is 0 Å². The Balaban J connectivity index is 1.44. The SMILES string of the molecule is COc1ccc(CN2C(=O)C3=C(CCC3)C2SCC(=O)Nc2ccccn2)cc1. The lowest BCUT2D eigenvalue weighted by molar-refractivity contribution is -0.126. The van der Waals surface area contributed by atoms with Crippen LogP contribution < -0.4 is 10.1 Å². The summed E-state index contributed by atoms with van der Waals surface area (Å²) in [5, 5.41) is 2.72. The van der Waals surface area contributed by atoms with Gasteiger partial charge in [-0.3, -0.25) is 9.59 Å². The molecule has 29 heavy (non-hydrogen) atoms. The van der Waals surface area contributed by atoms with Crippen LogP contribution in [0, 0.1) is 0 Å². The van der Waals surface area contributed by atoms with Crippen molar-refractivity contribution in [3.05, 3.63) is 65.4 Å². The van der Waals surface area contributed by atoms with E-state index in [1.165, 1.54) is 17.3 Å². The van der Waals surface area contributed by atoms with E-state index in [0.29, 0.717) is 12.4 Å². The zero-order valence-corrected chi connectivity index (χ0v) is 17.1. The van der Waals surface area contributed by atoms with E-state index < -0.39 is 0 Å². The Labute approximate surface area is 174 Å². The first-order chi connectivity index (χ1) is 14.2. The lowest BCUT2D eigenvalue weighted by atomic mass is 10.2. The second-order valence-electron chi connectivity index (χ2n) is 7.06. The first-order valence-electron chi connectivity index (χ1n) is 9.64. The molecule has 0 spiro atoms. The van der Waals surface area contributed by atoms with E-state index in [9.17, 15) is 9.59 Å².